The van der Waals surface area contributed by atoms with Gasteiger partial charge in [0.2, 0.25) is 11.8 Å². The summed E-state index contributed by atoms with van der Waals surface area (Å²) in [5.74, 6) is 1.14. The predicted octanol–water partition coefficient (Wildman–Crippen LogP) is 4.99. The molecular formula is C24H30N2O5. The molecule has 0 saturated heterocycles. The summed E-state index contributed by atoms with van der Waals surface area (Å²) >= 11 is 0. The van der Waals surface area contributed by atoms with Crippen LogP contribution in [0, 0.1) is 17.8 Å². The first-order valence-electron chi connectivity index (χ1n) is 10.7. The van der Waals surface area contributed by atoms with E-state index in [1.807, 2.05) is 0 Å². The fourth-order valence-corrected chi connectivity index (χ4v) is 4.01. The molecule has 2 aromatic rings. The third-order valence-corrected chi connectivity index (χ3v) is 5.71. The largest absolute Gasteiger partial charge is 0.478 e. The van der Waals surface area contributed by atoms with E-state index in [9.17, 15) is 9.59 Å². The number of carbonyl (C=O) groups is 2. The van der Waals surface area contributed by atoms with Crippen LogP contribution in [0.25, 0.3) is 0 Å². The number of nitrogens with zero attached hydrogens (tertiary/aromatic N) is 1. The Kier molecular flexibility index (Phi) is 7.63. The molecule has 7 heteroatoms. The van der Waals surface area contributed by atoms with Crippen LogP contribution in [0.1, 0.15) is 50.4 Å². The number of carboxylic acid groups (broad SMARTS) is 1. The van der Waals surface area contributed by atoms with Crippen molar-refractivity contribution in [2.45, 2.75) is 46.1 Å². The number of aromatic carboxylic acids is 1. The molecule has 3 rings (SSSR count). The van der Waals surface area contributed by atoms with E-state index in [1.165, 1.54) is 24.8 Å². The van der Waals surface area contributed by atoms with Crippen LogP contribution in [0.2, 0.25) is 0 Å². The monoisotopic (exact) mass is 426 g/mol. The summed E-state index contributed by atoms with van der Waals surface area (Å²) in [6.45, 7) is 6.69. The summed E-state index contributed by atoms with van der Waals surface area (Å²) in [6.07, 6.45) is 4.70. The van der Waals surface area contributed by atoms with E-state index in [-0.39, 0.29) is 30.1 Å². The van der Waals surface area contributed by atoms with Gasteiger partial charge in [0.25, 0.3) is 0 Å². The van der Waals surface area contributed by atoms with E-state index in [1.54, 1.807) is 24.3 Å². The van der Waals surface area contributed by atoms with Gasteiger partial charge in [0.15, 0.2) is 0 Å². The van der Waals surface area contributed by atoms with E-state index in [2.05, 4.69) is 31.1 Å². The molecule has 1 heterocycles. The first-order chi connectivity index (χ1) is 14.8. The van der Waals surface area contributed by atoms with Crippen molar-refractivity contribution in [1.82, 2.24) is 4.98 Å². The average molecular weight is 427 g/mol. The van der Waals surface area contributed by atoms with Crippen molar-refractivity contribution in [2.24, 2.45) is 17.8 Å². The van der Waals surface area contributed by atoms with Gasteiger partial charge in [-0.3, -0.25) is 4.79 Å². The third kappa shape index (κ3) is 6.52. The van der Waals surface area contributed by atoms with E-state index in [0.717, 1.165) is 12.8 Å². The predicted molar refractivity (Wildman–Crippen MR) is 117 cm³/mol. The van der Waals surface area contributed by atoms with Gasteiger partial charge in [0.1, 0.15) is 12.4 Å². The number of hydrogen-bond donors (Lipinski definition) is 2. The highest BCUT2D eigenvalue weighted by molar-refractivity contribution is 5.91. The second-order valence-electron chi connectivity index (χ2n) is 8.54. The van der Waals surface area contributed by atoms with Crippen molar-refractivity contribution in [2.75, 3.05) is 11.9 Å². The number of aromatic nitrogens is 1. The van der Waals surface area contributed by atoms with Gasteiger partial charge in [0, 0.05) is 24.0 Å². The average Bonchev–Trinajstić information content (AvgIpc) is 2.73. The zero-order valence-electron chi connectivity index (χ0n) is 18.2. The van der Waals surface area contributed by atoms with E-state index in [4.69, 9.17) is 14.6 Å². The van der Waals surface area contributed by atoms with Crippen LogP contribution in [-0.4, -0.2) is 34.7 Å². The molecule has 1 aromatic carbocycles. The first kappa shape index (κ1) is 22.7. The van der Waals surface area contributed by atoms with Gasteiger partial charge >= 0.3 is 5.97 Å². The molecular weight excluding hydrogens is 396 g/mol. The minimum Gasteiger partial charge on any atom is -0.478 e. The molecule has 1 aliphatic rings. The molecule has 2 N–H and O–H groups in total. The number of rotatable bonds is 8. The highest BCUT2D eigenvalue weighted by Crippen LogP contribution is 2.35. The molecule has 1 aromatic heterocycles. The van der Waals surface area contributed by atoms with Gasteiger partial charge in [0.05, 0.1) is 11.7 Å². The molecule has 1 saturated carbocycles. The second kappa shape index (κ2) is 10.4. The maximum Gasteiger partial charge on any atom is 0.337 e. The Balaban J connectivity index is 1.55. The second-order valence-corrected chi connectivity index (χ2v) is 8.54. The third-order valence-electron chi connectivity index (χ3n) is 5.71. The topological polar surface area (TPSA) is 97.8 Å². The fourth-order valence-electron chi connectivity index (χ4n) is 4.01. The molecule has 1 amide bonds. The number of amides is 1. The molecule has 166 valence electrons. The Morgan fingerprint density at radius 3 is 2.71 bits per heavy atom. The Hall–Kier alpha value is -2.93. The summed E-state index contributed by atoms with van der Waals surface area (Å²) < 4.78 is 11.7. The Morgan fingerprint density at radius 2 is 2.03 bits per heavy atom. The van der Waals surface area contributed by atoms with E-state index >= 15 is 0 Å². The molecule has 0 bridgehead atoms. The molecule has 0 spiro atoms. The van der Waals surface area contributed by atoms with Crippen LogP contribution >= 0.6 is 0 Å². The quantitative estimate of drug-likeness (QED) is 0.617. The minimum absolute atomic E-state index is 0.0178. The number of carbonyl (C=O) groups excluding carboxylic acids is 1. The number of carboxylic acids is 1. The lowest BCUT2D eigenvalue weighted by molar-refractivity contribution is -0.126. The van der Waals surface area contributed by atoms with Gasteiger partial charge in [-0.25, -0.2) is 9.78 Å². The lowest BCUT2D eigenvalue weighted by Gasteiger charge is -2.37. The molecule has 0 aliphatic heterocycles. The molecule has 1 aliphatic carbocycles. The number of pyridine rings is 1. The van der Waals surface area contributed by atoms with Gasteiger partial charge in [-0.05, 0) is 48.8 Å². The van der Waals surface area contributed by atoms with Crippen LogP contribution in [-0.2, 0) is 9.53 Å². The van der Waals surface area contributed by atoms with Crippen molar-refractivity contribution in [3.63, 3.8) is 0 Å². The fraction of sp³-hybridized carbons (Fsp3) is 0.458. The maximum atomic E-state index is 12.4. The number of ether oxygens (including phenoxy) is 2. The number of benzene rings is 1. The molecule has 0 radical (unpaired) electrons. The van der Waals surface area contributed by atoms with Crippen LogP contribution in [0.4, 0.5) is 5.69 Å². The van der Waals surface area contributed by atoms with E-state index in [0.29, 0.717) is 29.2 Å². The van der Waals surface area contributed by atoms with Crippen LogP contribution in [0.15, 0.2) is 42.6 Å². The van der Waals surface area contributed by atoms with Crippen molar-refractivity contribution in [3.8, 4) is 11.6 Å². The van der Waals surface area contributed by atoms with E-state index < -0.39 is 5.97 Å². The molecule has 3 unspecified atom stereocenters. The zero-order chi connectivity index (χ0) is 22.4. The van der Waals surface area contributed by atoms with Gasteiger partial charge < -0.3 is 19.9 Å². The summed E-state index contributed by atoms with van der Waals surface area (Å²) in [5.41, 5.74) is 0.672. The molecule has 7 nitrogen and oxygen atoms in total. The normalized spacial score (nSPS) is 21.0. The highest BCUT2D eigenvalue weighted by Gasteiger charge is 2.31. The number of nitrogens with one attached hydrogen (secondary N) is 1. The summed E-state index contributed by atoms with van der Waals surface area (Å²) in [4.78, 5) is 27.3. The van der Waals surface area contributed by atoms with Crippen molar-refractivity contribution < 1.29 is 24.2 Å². The lowest BCUT2D eigenvalue weighted by Crippen LogP contribution is -2.36. The lowest BCUT2D eigenvalue weighted by atomic mass is 9.75. The van der Waals surface area contributed by atoms with Crippen molar-refractivity contribution in [3.05, 3.63) is 48.2 Å². The zero-order valence-corrected chi connectivity index (χ0v) is 18.2. The summed E-state index contributed by atoms with van der Waals surface area (Å²) in [6, 6.07) is 9.85. The highest BCUT2D eigenvalue weighted by atomic mass is 16.5. The Labute approximate surface area is 182 Å². The van der Waals surface area contributed by atoms with Crippen LogP contribution in [0.3, 0.4) is 0 Å². The van der Waals surface area contributed by atoms with Crippen LogP contribution < -0.4 is 10.1 Å². The summed E-state index contributed by atoms with van der Waals surface area (Å²) in [5, 5.41) is 11.8. The molecule has 3 atom stereocenters. The first-order valence-corrected chi connectivity index (χ1v) is 10.7. The molecule has 31 heavy (non-hydrogen) atoms. The van der Waals surface area contributed by atoms with Gasteiger partial charge in [-0.2, -0.15) is 0 Å². The summed E-state index contributed by atoms with van der Waals surface area (Å²) in [7, 11) is 0. The minimum atomic E-state index is -1.05. The van der Waals surface area contributed by atoms with Crippen molar-refractivity contribution >= 4 is 17.6 Å². The SMILES string of the molecule is CC1CCC(C(C)C)C(OCC(=O)Nc2cccc(Oc3ccc(C(=O)O)cn3)c2)C1. The van der Waals surface area contributed by atoms with Gasteiger partial charge in [-0.1, -0.05) is 33.3 Å². The van der Waals surface area contributed by atoms with Crippen LogP contribution in [0.5, 0.6) is 11.6 Å². The Bertz CT molecular complexity index is 897. The smallest absolute Gasteiger partial charge is 0.337 e. The Morgan fingerprint density at radius 1 is 1.23 bits per heavy atom. The van der Waals surface area contributed by atoms with Crippen molar-refractivity contribution in [1.29, 1.82) is 0 Å². The number of hydrogen-bond acceptors (Lipinski definition) is 5. The molecule has 1 fully saturated rings. The standard InChI is InChI=1S/C24H30N2O5/c1-15(2)20-9-7-16(3)11-21(20)30-14-22(27)26-18-5-4-6-19(12-18)31-23-10-8-17(13-25-23)24(28)29/h4-6,8,10,12-13,15-16,20-21H,7,9,11,14H2,1-3H3,(H,26,27)(H,28,29). The maximum absolute atomic E-state index is 12.4. The van der Waals surface area contributed by atoms with Gasteiger partial charge in [-0.15, -0.1) is 0 Å². The number of anilines is 1.